The number of carbonyl (C=O) groups is 1. The Labute approximate surface area is 152 Å². The van der Waals surface area contributed by atoms with Crippen molar-refractivity contribution in [3.8, 4) is 11.8 Å². The summed E-state index contributed by atoms with van der Waals surface area (Å²) in [4.78, 5) is 13.8. The van der Waals surface area contributed by atoms with E-state index in [1.807, 2.05) is 0 Å². The number of benzene rings is 1. The van der Waals surface area contributed by atoms with Crippen molar-refractivity contribution in [1.29, 1.82) is 5.26 Å². The Hall–Kier alpha value is -2.32. The molecule has 0 bridgehead atoms. The molecule has 130 valence electrons. The van der Waals surface area contributed by atoms with Gasteiger partial charge in [0, 0.05) is 10.4 Å². The highest BCUT2D eigenvalue weighted by atomic mass is 32.1. The molecule has 1 heterocycles. The second-order valence-electron chi connectivity index (χ2n) is 6.49. The largest absolute Gasteiger partial charge is 0.494 e. The molecule has 0 fully saturated rings. The van der Waals surface area contributed by atoms with Crippen LogP contribution in [0.15, 0.2) is 24.3 Å². The lowest BCUT2D eigenvalue weighted by molar-refractivity contribution is 0.102. The molecular weight excluding hydrogens is 332 g/mol. The third kappa shape index (κ3) is 3.85. The van der Waals surface area contributed by atoms with E-state index in [1.54, 1.807) is 35.6 Å². The number of anilines is 1. The molecule has 4 nitrogen and oxygen atoms in total. The van der Waals surface area contributed by atoms with Crippen LogP contribution in [0.2, 0.25) is 0 Å². The van der Waals surface area contributed by atoms with Crippen molar-refractivity contribution in [2.24, 2.45) is 5.92 Å². The van der Waals surface area contributed by atoms with Crippen molar-refractivity contribution in [3.05, 3.63) is 45.8 Å². The molecule has 25 heavy (non-hydrogen) atoms. The van der Waals surface area contributed by atoms with Crippen molar-refractivity contribution in [1.82, 2.24) is 0 Å². The topological polar surface area (TPSA) is 62.1 Å². The highest BCUT2D eigenvalue weighted by Crippen LogP contribution is 2.39. The van der Waals surface area contributed by atoms with Gasteiger partial charge in [-0.1, -0.05) is 13.8 Å². The minimum Gasteiger partial charge on any atom is -0.494 e. The molecule has 1 amide bonds. The minimum atomic E-state index is -0.190. The van der Waals surface area contributed by atoms with E-state index in [9.17, 15) is 10.1 Å². The van der Waals surface area contributed by atoms with E-state index in [0.29, 0.717) is 28.7 Å². The normalized spacial score (nSPS) is 16.0. The van der Waals surface area contributed by atoms with Gasteiger partial charge in [0.25, 0.3) is 5.91 Å². The van der Waals surface area contributed by atoms with Gasteiger partial charge >= 0.3 is 0 Å². The number of hydrogen-bond donors (Lipinski definition) is 1. The summed E-state index contributed by atoms with van der Waals surface area (Å²) in [7, 11) is 0. The summed E-state index contributed by atoms with van der Waals surface area (Å²) in [5.41, 5.74) is 2.33. The summed E-state index contributed by atoms with van der Waals surface area (Å²) in [6.45, 7) is 4.95. The lowest BCUT2D eigenvalue weighted by atomic mass is 9.88. The van der Waals surface area contributed by atoms with Gasteiger partial charge in [0.05, 0.1) is 12.2 Å². The molecular formula is C20H22N2O2S. The lowest BCUT2D eigenvalue weighted by Gasteiger charge is -2.17. The predicted molar refractivity (Wildman–Crippen MR) is 100 cm³/mol. The van der Waals surface area contributed by atoms with Crippen molar-refractivity contribution >= 4 is 22.2 Å². The number of fused-ring (bicyclic) bond motifs is 1. The average molecular weight is 354 g/mol. The first-order valence-corrected chi connectivity index (χ1v) is 9.52. The van der Waals surface area contributed by atoms with Crippen LogP contribution in [0.1, 0.15) is 53.1 Å². The van der Waals surface area contributed by atoms with Crippen LogP contribution in [0.3, 0.4) is 0 Å². The van der Waals surface area contributed by atoms with Crippen LogP contribution in [0.4, 0.5) is 5.00 Å². The van der Waals surface area contributed by atoms with Crippen molar-refractivity contribution < 1.29 is 9.53 Å². The molecule has 1 aromatic heterocycles. The molecule has 5 heteroatoms. The molecule has 1 aliphatic carbocycles. The number of nitrogens with one attached hydrogen (secondary N) is 1. The molecule has 0 spiro atoms. The Balaban J connectivity index is 1.76. The second kappa shape index (κ2) is 7.71. The van der Waals surface area contributed by atoms with E-state index in [4.69, 9.17) is 4.74 Å². The average Bonchev–Trinajstić information content (AvgIpc) is 2.96. The first-order valence-electron chi connectivity index (χ1n) is 8.71. The fourth-order valence-corrected chi connectivity index (χ4v) is 4.41. The molecule has 1 aliphatic rings. The Kier molecular flexibility index (Phi) is 5.40. The number of hydrogen-bond acceptors (Lipinski definition) is 4. The van der Waals surface area contributed by atoms with Gasteiger partial charge in [-0.05, 0) is 61.4 Å². The number of ether oxygens (including phenoxy) is 1. The lowest BCUT2D eigenvalue weighted by Crippen LogP contribution is -2.12. The zero-order chi connectivity index (χ0) is 17.8. The number of thiophene rings is 1. The molecule has 0 saturated carbocycles. The smallest absolute Gasteiger partial charge is 0.256 e. The van der Waals surface area contributed by atoms with Crippen LogP contribution in [-0.4, -0.2) is 12.5 Å². The predicted octanol–water partition coefficient (Wildman–Crippen LogP) is 4.79. The van der Waals surface area contributed by atoms with Crippen molar-refractivity contribution in [3.63, 3.8) is 0 Å². The zero-order valence-electron chi connectivity index (χ0n) is 14.6. The monoisotopic (exact) mass is 354 g/mol. The third-order valence-corrected chi connectivity index (χ3v) is 5.61. The summed E-state index contributed by atoms with van der Waals surface area (Å²) in [5.74, 6) is 1.21. The number of rotatable bonds is 5. The van der Waals surface area contributed by atoms with Crippen LogP contribution in [0.25, 0.3) is 0 Å². The molecule has 1 N–H and O–H groups in total. The van der Waals surface area contributed by atoms with Gasteiger partial charge in [-0.15, -0.1) is 11.3 Å². The van der Waals surface area contributed by atoms with E-state index in [-0.39, 0.29) is 5.91 Å². The highest BCUT2D eigenvalue weighted by molar-refractivity contribution is 7.16. The zero-order valence-corrected chi connectivity index (χ0v) is 15.4. The number of carbonyl (C=O) groups excluding carboxylic acids is 1. The maximum Gasteiger partial charge on any atom is 0.256 e. The van der Waals surface area contributed by atoms with Crippen molar-refractivity contribution in [2.45, 2.75) is 39.5 Å². The van der Waals surface area contributed by atoms with Crippen LogP contribution >= 0.6 is 11.3 Å². The van der Waals surface area contributed by atoms with Gasteiger partial charge in [-0.2, -0.15) is 5.26 Å². The van der Waals surface area contributed by atoms with Crippen LogP contribution in [-0.2, 0) is 12.8 Å². The number of amides is 1. The molecule has 1 unspecified atom stereocenters. The second-order valence-corrected chi connectivity index (χ2v) is 7.60. The first-order chi connectivity index (χ1) is 12.1. The first kappa shape index (κ1) is 17.5. The maximum absolute atomic E-state index is 12.5. The quantitative estimate of drug-likeness (QED) is 0.840. The van der Waals surface area contributed by atoms with E-state index >= 15 is 0 Å². The number of nitrogens with zero attached hydrogens (tertiary/aromatic N) is 1. The molecule has 0 radical (unpaired) electrons. The third-order valence-electron chi connectivity index (χ3n) is 4.44. The van der Waals surface area contributed by atoms with E-state index in [2.05, 4.69) is 25.2 Å². The molecule has 3 rings (SSSR count). The van der Waals surface area contributed by atoms with Crippen LogP contribution < -0.4 is 10.1 Å². The number of nitriles is 1. The summed E-state index contributed by atoms with van der Waals surface area (Å²) >= 11 is 1.55. The van der Waals surface area contributed by atoms with E-state index < -0.39 is 0 Å². The fourth-order valence-electron chi connectivity index (χ4n) is 3.05. The molecule has 2 aromatic rings. The Morgan fingerprint density at radius 1 is 1.40 bits per heavy atom. The minimum absolute atomic E-state index is 0.190. The molecule has 1 atom stereocenters. The summed E-state index contributed by atoms with van der Waals surface area (Å²) in [6, 6.07) is 9.39. The van der Waals surface area contributed by atoms with Crippen LogP contribution in [0.5, 0.6) is 5.75 Å². The molecule has 1 aromatic carbocycles. The van der Waals surface area contributed by atoms with Gasteiger partial charge in [-0.3, -0.25) is 4.79 Å². The Bertz CT molecular complexity index is 802. The maximum atomic E-state index is 12.5. The van der Waals surface area contributed by atoms with Crippen LogP contribution in [0, 0.1) is 17.2 Å². The van der Waals surface area contributed by atoms with Gasteiger partial charge in [0.15, 0.2) is 0 Å². The standard InChI is InChI=1S/C20H22N2O2S/c1-3-10-24-15-7-5-14(6-8-15)19(23)22-20-17(12-21)16-9-4-13(2)11-18(16)25-20/h5-8,13H,3-4,9-11H2,1-2H3,(H,22,23). The summed E-state index contributed by atoms with van der Waals surface area (Å²) < 4.78 is 5.54. The van der Waals surface area contributed by atoms with Gasteiger partial charge < -0.3 is 10.1 Å². The summed E-state index contributed by atoms with van der Waals surface area (Å²) in [5, 5.41) is 13.1. The van der Waals surface area contributed by atoms with Gasteiger partial charge in [0.1, 0.15) is 16.8 Å². The molecule has 0 aliphatic heterocycles. The van der Waals surface area contributed by atoms with E-state index in [1.165, 1.54) is 4.88 Å². The summed E-state index contributed by atoms with van der Waals surface area (Å²) in [6.07, 6.45) is 3.97. The fraction of sp³-hybridized carbons (Fsp3) is 0.400. The Morgan fingerprint density at radius 3 is 2.84 bits per heavy atom. The van der Waals surface area contributed by atoms with Gasteiger partial charge in [-0.25, -0.2) is 0 Å². The Morgan fingerprint density at radius 2 is 2.16 bits per heavy atom. The molecule has 0 saturated heterocycles. The van der Waals surface area contributed by atoms with E-state index in [0.717, 1.165) is 37.0 Å². The van der Waals surface area contributed by atoms with Gasteiger partial charge in [0.2, 0.25) is 0 Å². The SMILES string of the molecule is CCCOc1ccc(C(=O)Nc2sc3c(c2C#N)CCC(C)C3)cc1. The van der Waals surface area contributed by atoms with Crippen molar-refractivity contribution in [2.75, 3.05) is 11.9 Å². The highest BCUT2D eigenvalue weighted by Gasteiger charge is 2.24.